The van der Waals surface area contributed by atoms with E-state index in [1.807, 2.05) is 0 Å². The molecule has 2 nitrogen and oxygen atoms in total. The van der Waals surface area contributed by atoms with E-state index in [4.69, 9.17) is 0 Å². The lowest BCUT2D eigenvalue weighted by Gasteiger charge is -2.00. The fourth-order valence-corrected chi connectivity index (χ4v) is 1.55. The Bertz CT molecular complexity index is 397. The van der Waals surface area contributed by atoms with Crippen LogP contribution in [-0.4, -0.2) is 8.42 Å². The summed E-state index contributed by atoms with van der Waals surface area (Å²) in [6.07, 6.45) is -2.61. The molecule has 1 aromatic rings. The van der Waals surface area contributed by atoms with Gasteiger partial charge < -0.3 is 0 Å². The number of rotatable bonds is 3. The zero-order valence-electron chi connectivity index (χ0n) is 6.95. The van der Waals surface area contributed by atoms with Crippen LogP contribution in [-0.2, 0) is 16.0 Å². The molecule has 0 aliphatic heterocycles. The minimum Gasteiger partial charge on any atom is -0.205 e. The van der Waals surface area contributed by atoms with E-state index in [2.05, 4.69) is 0 Å². The van der Waals surface area contributed by atoms with Crippen molar-refractivity contribution >= 4 is 10.2 Å². The second-order valence-electron chi connectivity index (χ2n) is 2.73. The highest BCUT2D eigenvalue weighted by Crippen LogP contribution is 2.19. The smallest absolute Gasteiger partial charge is 0.205 e. The van der Waals surface area contributed by atoms with Gasteiger partial charge >= 0.3 is 10.2 Å². The lowest BCUT2D eigenvalue weighted by atomic mass is 10.2. The van der Waals surface area contributed by atoms with Crippen LogP contribution in [0.1, 0.15) is 17.6 Å². The molecule has 78 valence electrons. The lowest BCUT2D eigenvalue weighted by molar-refractivity contribution is 0.151. The molecule has 1 rings (SSSR count). The summed E-state index contributed by atoms with van der Waals surface area (Å²) in [5.74, 6) is -0.781. The number of halogens is 3. The van der Waals surface area contributed by atoms with Crippen LogP contribution in [0.15, 0.2) is 24.3 Å². The molecule has 0 aliphatic carbocycles. The van der Waals surface area contributed by atoms with E-state index in [1.165, 1.54) is 12.1 Å². The molecule has 0 radical (unpaired) electrons. The second kappa shape index (κ2) is 4.00. The summed E-state index contributed by atoms with van der Waals surface area (Å²) in [5.41, 5.74) is -0.0677. The van der Waals surface area contributed by atoms with Crippen LogP contribution in [0, 0.1) is 0 Å². The van der Waals surface area contributed by atoms with Gasteiger partial charge in [-0.15, -0.1) is 3.89 Å². The first-order valence-corrected chi connectivity index (χ1v) is 5.23. The van der Waals surface area contributed by atoms with E-state index in [-0.39, 0.29) is 11.1 Å². The predicted octanol–water partition coefficient (Wildman–Crippen LogP) is 2.42. The first kappa shape index (κ1) is 11.0. The molecule has 0 spiro atoms. The summed E-state index contributed by atoms with van der Waals surface area (Å²) < 4.78 is 56.7. The highest BCUT2D eigenvalue weighted by atomic mass is 32.3. The lowest BCUT2D eigenvalue weighted by Crippen LogP contribution is -1.96. The molecule has 0 bridgehead atoms. The van der Waals surface area contributed by atoms with Crippen LogP contribution >= 0.6 is 0 Å². The van der Waals surface area contributed by atoms with Crippen molar-refractivity contribution in [2.24, 2.45) is 0 Å². The fraction of sp³-hybridized carbons (Fsp3) is 0.250. The van der Waals surface area contributed by atoms with Gasteiger partial charge in [0.15, 0.2) is 0 Å². The molecule has 0 saturated carbocycles. The van der Waals surface area contributed by atoms with Gasteiger partial charge in [-0.2, -0.15) is 8.42 Å². The Morgan fingerprint density at radius 2 is 1.64 bits per heavy atom. The summed E-state index contributed by atoms with van der Waals surface area (Å²) in [5, 5.41) is 0. The Hall–Kier alpha value is -1.04. The summed E-state index contributed by atoms with van der Waals surface area (Å²) in [6, 6.07) is 4.48. The summed E-state index contributed by atoms with van der Waals surface area (Å²) in [6.45, 7) is 0. The van der Waals surface area contributed by atoms with Crippen LogP contribution in [0.4, 0.5) is 12.7 Å². The monoisotopic (exact) mass is 224 g/mol. The standard InChI is InChI=1S/C8H7F3O2S/c9-8(10)7-3-1-6(2-4-7)5-14(11,12)13/h1-4,8H,5H2. The number of hydrogen-bond acceptors (Lipinski definition) is 2. The van der Waals surface area contributed by atoms with E-state index in [0.717, 1.165) is 12.1 Å². The number of hydrogen-bond donors (Lipinski definition) is 0. The molecule has 0 unspecified atom stereocenters. The quantitative estimate of drug-likeness (QED) is 0.739. The van der Waals surface area contributed by atoms with E-state index in [1.54, 1.807) is 0 Å². The van der Waals surface area contributed by atoms with Gasteiger partial charge in [-0.1, -0.05) is 24.3 Å². The maximum absolute atomic E-state index is 12.2. The van der Waals surface area contributed by atoms with Crippen molar-refractivity contribution in [1.82, 2.24) is 0 Å². The molecule has 0 aromatic heterocycles. The second-order valence-corrected chi connectivity index (χ2v) is 4.09. The zero-order valence-corrected chi connectivity index (χ0v) is 7.77. The van der Waals surface area contributed by atoms with E-state index >= 15 is 0 Å². The van der Waals surface area contributed by atoms with Gasteiger partial charge in [-0.25, -0.2) is 8.78 Å². The summed E-state index contributed by atoms with van der Waals surface area (Å²) in [4.78, 5) is 0. The van der Waals surface area contributed by atoms with E-state index in [9.17, 15) is 21.1 Å². The van der Waals surface area contributed by atoms with Crippen LogP contribution in [0.5, 0.6) is 0 Å². The highest BCUT2D eigenvalue weighted by molar-refractivity contribution is 7.85. The SMILES string of the molecule is O=S(=O)(F)Cc1ccc(C(F)F)cc1. The molecule has 0 saturated heterocycles. The fourth-order valence-electron chi connectivity index (χ4n) is 0.958. The Morgan fingerprint density at radius 1 is 1.14 bits per heavy atom. The third kappa shape index (κ3) is 3.37. The Morgan fingerprint density at radius 3 is 2.00 bits per heavy atom. The van der Waals surface area contributed by atoms with Crippen molar-refractivity contribution in [3.05, 3.63) is 35.4 Å². The minimum atomic E-state index is -4.60. The van der Waals surface area contributed by atoms with Crippen molar-refractivity contribution in [2.75, 3.05) is 0 Å². The van der Waals surface area contributed by atoms with Crippen LogP contribution in [0.3, 0.4) is 0 Å². The maximum atomic E-state index is 12.2. The van der Waals surface area contributed by atoms with Gasteiger partial charge in [0.1, 0.15) is 5.75 Å². The zero-order chi connectivity index (χ0) is 10.8. The van der Waals surface area contributed by atoms with E-state index in [0.29, 0.717) is 0 Å². The minimum absolute atomic E-state index is 0.150. The van der Waals surface area contributed by atoms with Crippen LogP contribution < -0.4 is 0 Å². The van der Waals surface area contributed by atoms with Gasteiger partial charge in [0, 0.05) is 5.56 Å². The molecule has 0 amide bonds. The normalized spacial score (nSPS) is 12.0. The van der Waals surface area contributed by atoms with Crippen molar-refractivity contribution < 1.29 is 21.1 Å². The molecule has 0 N–H and O–H groups in total. The van der Waals surface area contributed by atoms with Gasteiger partial charge in [-0.05, 0) is 5.56 Å². The molecular weight excluding hydrogens is 217 g/mol. The molecule has 0 atom stereocenters. The molecule has 0 fully saturated rings. The van der Waals surface area contributed by atoms with Crippen LogP contribution in [0.25, 0.3) is 0 Å². The van der Waals surface area contributed by atoms with Gasteiger partial charge in [0.25, 0.3) is 6.43 Å². The van der Waals surface area contributed by atoms with Crippen LogP contribution in [0.2, 0.25) is 0 Å². The average molecular weight is 224 g/mol. The highest BCUT2D eigenvalue weighted by Gasteiger charge is 2.10. The Kier molecular flexibility index (Phi) is 3.15. The first-order valence-electron chi connectivity index (χ1n) is 3.68. The largest absolute Gasteiger partial charge is 0.306 e. The van der Waals surface area contributed by atoms with Gasteiger partial charge in [-0.3, -0.25) is 0 Å². The van der Waals surface area contributed by atoms with Gasteiger partial charge in [0.05, 0.1) is 0 Å². The summed E-state index contributed by atoms with van der Waals surface area (Å²) in [7, 11) is -4.60. The average Bonchev–Trinajstić information content (AvgIpc) is 2.02. The molecule has 6 heteroatoms. The number of benzene rings is 1. The predicted molar refractivity (Wildman–Crippen MR) is 45.1 cm³/mol. The molecule has 14 heavy (non-hydrogen) atoms. The third-order valence-corrected chi connectivity index (χ3v) is 2.25. The van der Waals surface area contributed by atoms with Crippen molar-refractivity contribution in [3.8, 4) is 0 Å². The van der Waals surface area contributed by atoms with Crippen molar-refractivity contribution in [3.63, 3.8) is 0 Å². The topological polar surface area (TPSA) is 34.1 Å². The molecular formula is C8H7F3O2S. The maximum Gasteiger partial charge on any atom is 0.306 e. The Balaban J connectivity index is 2.84. The molecule has 0 aliphatic rings. The Labute approximate surface area is 79.6 Å². The van der Waals surface area contributed by atoms with E-state index < -0.39 is 22.4 Å². The van der Waals surface area contributed by atoms with Crippen molar-refractivity contribution in [2.45, 2.75) is 12.2 Å². The first-order chi connectivity index (χ1) is 6.38. The molecule has 1 aromatic carbocycles. The number of alkyl halides is 2. The summed E-state index contributed by atoms with van der Waals surface area (Å²) >= 11 is 0. The molecule has 0 heterocycles. The third-order valence-electron chi connectivity index (χ3n) is 1.57. The van der Waals surface area contributed by atoms with Crippen molar-refractivity contribution in [1.29, 1.82) is 0 Å². The van der Waals surface area contributed by atoms with Gasteiger partial charge in [0.2, 0.25) is 0 Å².